The van der Waals surface area contributed by atoms with Crippen molar-refractivity contribution in [2.45, 2.75) is 31.7 Å². The van der Waals surface area contributed by atoms with E-state index < -0.39 is 0 Å². The predicted molar refractivity (Wildman–Crippen MR) is 53.4 cm³/mol. The van der Waals surface area contributed by atoms with Gasteiger partial charge in [0.25, 0.3) is 0 Å². The number of nitriles is 1. The van der Waals surface area contributed by atoms with Crippen molar-refractivity contribution in [3.8, 4) is 6.07 Å². The minimum atomic E-state index is 0.635. The van der Waals surface area contributed by atoms with Crippen LogP contribution in [0.25, 0.3) is 0 Å². The van der Waals surface area contributed by atoms with Crippen molar-refractivity contribution in [2.75, 3.05) is 26.7 Å². The molecule has 0 spiro atoms. The van der Waals surface area contributed by atoms with Gasteiger partial charge in [0, 0.05) is 19.0 Å². The lowest BCUT2D eigenvalue weighted by Crippen LogP contribution is -2.36. The van der Waals surface area contributed by atoms with Crippen LogP contribution < -0.4 is 5.32 Å². The molecule has 1 fully saturated rings. The molecular formula is C10H19N3. The Morgan fingerprint density at radius 2 is 2.46 bits per heavy atom. The minimum Gasteiger partial charge on any atom is -0.315 e. The first-order valence-corrected chi connectivity index (χ1v) is 5.12. The fraction of sp³-hybridized carbons (Fsp3) is 0.900. The van der Waals surface area contributed by atoms with Gasteiger partial charge in [-0.15, -0.1) is 0 Å². The molecule has 3 heteroatoms. The van der Waals surface area contributed by atoms with E-state index in [0.717, 1.165) is 25.9 Å². The molecule has 1 aliphatic heterocycles. The van der Waals surface area contributed by atoms with Crippen LogP contribution in [0.5, 0.6) is 0 Å². The molecule has 0 aromatic heterocycles. The summed E-state index contributed by atoms with van der Waals surface area (Å²) in [6.45, 7) is 3.41. The SMILES string of the molecule is CN1CCCNCC1CCCC#N. The van der Waals surface area contributed by atoms with Gasteiger partial charge in [0.05, 0.1) is 6.07 Å². The van der Waals surface area contributed by atoms with E-state index >= 15 is 0 Å². The first kappa shape index (κ1) is 10.5. The van der Waals surface area contributed by atoms with E-state index in [1.54, 1.807) is 0 Å². The molecule has 1 atom stereocenters. The highest BCUT2D eigenvalue weighted by Gasteiger charge is 2.15. The molecule has 1 rings (SSSR count). The van der Waals surface area contributed by atoms with Crippen LogP contribution in [-0.4, -0.2) is 37.6 Å². The van der Waals surface area contributed by atoms with Gasteiger partial charge in [0.1, 0.15) is 0 Å². The standard InChI is InChI=1S/C10H19N3/c1-13-8-4-7-12-9-10(13)5-2-3-6-11/h10,12H,2-5,7-9H2,1H3. The molecule has 0 radical (unpaired) electrons. The average Bonchev–Trinajstić information content (AvgIpc) is 2.32. The highest BCUT2D eigenvalue weighted by atomic mass is 15.2. The first-order valence-electron chi connectivity index (χ1n) is 5.12. The molecular weight excluding hydrogens is 162 g/mol. The monoisotopic (exact) mass is 181 g/mol. The number of nitrogens with zero attached hydrogens (tertiary/aromatic N) is 2. The zero-order valence-electron chi connectivity index (χ0n) is 8.42. The van der Waals surface area contributed by atoms with Crippen LogP contribution in [0.2, 0.25) is 0 Å². The second-order valence-electron chi connectivity index (χ2n) is 3.74. The van der Waals surface area contributed by atoms with E-state index in [2.05, 4.69) is 23.3 Å². The van der Waals surface area contributed by atoms with Gasteiger partial charge < -0.3 is 10.2 Å². The largest absolute Gasteiger partial charge is 0.315 e. The highest BCUT2D eigenvalue weighted by Crippen LogP contribution is 2.08. The maximum absolute atomic E-state index is 8.44. The zero-order chi connectivity index (χ0) is 9.52. The average molecular weight is 181 g/mol. The van der Waals surface area contributed by atoms with Gasteiger partial charge in [0.2, 0.25) is 0 Å². The van der Waals surface area contributed by atoms with E-state index in [-0.39, 0.29) is 0 Å². The Morgan fingerprint density at radius 3 is 3.23 bits per heavy atom. The Kier molecular flexibility index (Phi) is 4.81. The maximum Gasteiger partial charge on any atom is 0.0621 e. The van der Waals surface area contributed by atoms with Gasteiger partial charge in [-0.05, 0) is 39.4 Å². The van der Waals surface area contributed by atoms with Gasteiger partial charge >= 0.3 is 0 Å². The first-order chi connectivity index (χ1) is 6.34. The molecule has 0 bridgehead atoms. The Balaban J connectivity index is 2.24. The molecule has 0 amide bonds. The van der Waals surface area contributed by atoms with Crippen LogP contribution in [0.15, 0.2) is 0 Å². The molecule has 1 aliphatic rings. The Labute approximate surface area is 80.7 Å². The molecule has 0 aromatic rings. The number of likely N-dealkylation sites (N-methyl/N-ethyl adjacent to an activating group) is 1. The topological polar surface area (TPSA) is 39.1 Å². The predicted octanol–water partition coefficient (Wildman–Crippen LogP) is 0.974. The van der Waals surface area contributed by atoms with Crippen LogP contribution in [-0.2, 0) is 0 Å². The summed E-state index contributed by atoms with van der Waals surface area (Å²) in [5.74, 6) is 0. The third-order valence-electron chi connectivity index (χ3n) is 2.69. The third-order valence-corrected chi connectivity index (χ3v) is 2.69. The maximum atomic E-state index is 8.44. The van der Waals surface area contributed by atoms with Crippen molar-refractivity contribution < 1.29 is 0 Å². The molecule has 0 aromatic carbocycles. The van der Waals surface area contributed by atoms with E-state index in [1.165, 1.54) is 13.0 Å². The summed E-state index contributed by atoms with van der Waals surface area (Å²) >= 11 is 0. The molecule has 0 aliphatic carbocycles. The van der Waals surface area contributed by atoms with Gasteiger partial charge in [-0.25, -0.2) is 0 Å². The third kappa shape index (κ3) is 3.75. The Hall–Kier alpha value is -0.590. The number of hydrogen-bond donors (Lipinski definition) is 1. The molecule has 74 valence electrons. The van der Waals surface area contributed by atoms with E-state index in [1.807, 2.05) is 0 Å². The van der Waals surface area contributed by atoms with Crippen LogP contribution in [0.4, 0.5) is 0 Å². The summed E-state index contributed by atoms with van der Waals surface area (Å²) in [4.78, 5) is 2.41. The molecule has 13 heavy (non-hydrogen) atoms. The van der Waals surface area contributed by atoms with Crippen LogP contribution in [0.1, 0.15) is 25.7 Å². The van der Waals surface area contributed by atoms with Gasteiger partial charge in [0.15, 0.2) is 0 Å². The smallest absolute Gasteiger partial charge is 0.0621 e. The van der Waals surface area contributed by atoms with Crippen molar-refractivity contribution in [3.63, 3.8) is 0 Å². The fourth-order valence-corrected chi connectivity index (χ4v) is 1.80. The Bertz CT molecular complexity index is 173. The number of unbranched alkanes of at least 4 members (excludes halogenated alkanes) is 1. The molecule has 1 N–H and O–H groups in total. The normalized spacial score (nSPS) is 25.1. The molecule has 1 heterocycles. The Morgan fingerprint density at radius 1 is 1.62 bits per heavy atom. The zero-order valence-corrected chi connectivity index (χ0v) is 8.42. The second kappa shape index (κ2) is 5.95. The summed E-state index contributed by atoms with van der Waals surface area (Å²) in [6, 6.07) is 2.83. The van der Waals surface area contributed by atoms with Gasteiger partial charge in [-0.3, -0.25) is 0 Å². The summed E-state index contributed by atoms with van der Waals surface area (Å²) < 4.78 is 0. The van der Waals surface area contributed by atoms with Crippen molar-refractivity contribution in [2.24, 2.45) is 0 Å². The van der Waals surface area contributed by atoms with Crippen molar-refractivity contribution in [1.82, 2.24) is 10.2 Å². The lowest BCUT2D eigenvalue weighted by Gasteiger charge is -2.24. The summed E-state index contributed by atoms with van der Waals surface area (Å²) in [5, 5.41) is 11.9. The number of rotatable bonds is 3. The quantitative estimate of drug-likeness (QED) is 0.659. The molecule has 3 nitrogen and oxygen atoms in total. The lowest BCUT2D eigenvalue weighted by atomic mass is 10.1. The van der Waals surface area contributed by atoms with Crippen LogP contribution in [0, 0.1) is 11.3 Å². The highest BCUT2D eigenvalue weighted by molar-refractivity contribution is 4.77. The summed E-state index contributed by atoms with van der Waals surface area (Å²) in [7, 11) is 2.18. The van der Waals surface area contributed by atoms with E-state index in [4.69, 9.17) is 5.26 Å². The number of nitrogens with one attached hydrogen (secondary N) is 1. The van der Waals surface area contributed by atoms with Gasteiger partial charge in [-0.2, -0.15) is 5.26 Å². The van der Waals surface area contributed by atoms with E-state index in [9.17, 15) is 0 Å². The molecule has 1 saturated heterocycles. The van der Waals surface area contributed by atoms with Gasteiger partial charge in [-0.1, -0.05) is 0 Å². The van der Waals surface area contributed by atoms with Crippen LogP contribution in [0.3, 0.4) is 0 Å². The van der Waals surface area contributed by atoms with Crippen LogP contribution >= 0.6 is 0 Å². The number of hydrogen-bond acceptors (Lipinski definition) is 3. The lowest BCUT2D eigenvalue weighted by molar-refractivity contribution is 0.242. The summed E-state index contributed by atoms with van der Waals surface area (Å²) in [6.07, 6.45) is 4.12. The minimum absolute atomic E-state index is 0.635. The van der Waals surface area contributed by atoms with Crippen molar-refractivity contribution in [1.29, 1.82) is 5.26 Å². The molecule has 1 unspecified atom stereocenters. The molecule has 0 saturated carbocycles. The van der Waals surface area contributed by atoms with E-state index in [0.29, 0.717) is 12.5 Å². The second-order valence-corrected chi connectivity index (χ2v) is 3.74. The summed E-state index contributed by atoms with van der Waals surface area (Å²) in [5.41, 5.74) is 0. The fourth-order valence-electron chi connectivity index (χ4n) is 1.80. The van der Waals surface area contributed by atoms with Crippen molar-refractivity contribution in [3.05, 3.63) is 0 Å². The van der Waals surface area contributed by atoms with Crippen molar-refractivity contribution >= 4 is 0 Å².